The molecule has 0 spiro atoms. The highest BCUT2D eigenvalue weighted by Crippen LogP contribution is 2.38. The van der Waals surface area contributed by atoms with E-state index in [1.165, 1.54) is 25.8 Å². The zero-order valence-electron chi connectivity index (χ0n) is 8.31. The van der Waals surface area contributed by atoms with Crippen LogP contribution >= 0.6 is 37.2 Å². The Morgan fingerprint density at radius 2 is 1.79 bits per heavy atom. The Labute approximate surface area is 104 Å². The molecule has 1 saturated carbocycles. The number of hydrogen-bond donors (Lipinski definition) is 2. The molecule has 0 radical (unpaired) electrons. The van der Waals surface area contributed by atoms with Crippen molar-refractivity contribution in [2.24, 2.45) is 11.8 Å². The molecule has 0 amide bonds. The number of hydrazine groups is 1. The number of likely N-dealkylation sites (tertiary alicyclic amines) is 1. The van der Waals surface area contributed by atoms with Crippen LogP contribution in [0.1, 0.15) is 19.3 Å². The lowest BCUT2D eigenvalue weighted by Gasteiger charge is -2.50. The summed E-state index contributed by atoms with van der Waals surface area (Å²) in [5.74, 6) is 6.30. The number of fused-ring (bicyclic) bond motifs is 1. The van der Waals surface area contributed by atoms with Gasteiger partial charge in [-0.25, -0.2) is 0 Å². The first kappa shape index (κ1) is 17.2. The van der Waals surface area contributed by atoms with Crippen LogP contribution in [-0.4, -0.2) is 30.6 Å². The molecule has 2 aliphatic rings. The van der Waals surface area contributed by atoms with Gasteiger partial charge in [-0.3, -0.25) is 11.3 Å². The molecule has 14 heavy (non-hydrogen) atoms. The summed E-state index contributed by atoms with van der Waals surface area (Å²) in [5.41, 5.74) is 2.93. The van der Waals surface area contributed by atoms with E-state index >= 15 is 0 Å². The number of hydrogen-bond acceptors (Lipinski definition) is 3. The Hall–Kier alpha value is 0.750. The minimum atomic E-state index is 0. The van der Waals surface area contributed by atoms with Crippen LogP contribution in [0.5, 0.6) is 0 Å². The van der Waals surface area contributed by atoms with Gasteiger partial charge in [-0.05, 0) is 38.8 Å². The third-order valence-electron chi connectivity index (χ3n) is 3.38. The predicted octanol–water partition coefficient (Wildman–Crippen LogP) is 1.20. The smallest absolute Gasteiger partial charge is 0.0265 e. The standard InChI is InChI=1S/C8H17N3.3ClH/c1-11-5-4-7(10-9)6-2-3-8(6)11;;;/h6-8,10H,2-5,9H2,1H3;3*1H. The highest BCUT2D eigenvalue weighted by atomic mass is 35.5. The molecule has 1 aliphatic carbocycles. The van der Waals surface area contributed by atoms with Gasteiger partial charge >= 0.3 is 0 Å². The molecule has 0 aromatic rings. The number of nitrogens with two attached hydrogens (primary N) is 1. The molecule has 2 rings (SSSR count). The molecule has 1 saturated heterocycles. The first-order chi connectivity index (χ1) is 5.33. The first-order valence-corrected chi connectivity index (χ1v) is 4.49. The third-order valence-corrected chi connectivity index (χ3v) is 3.38. The minimum Gasteiger partial charge on any atom is -0.303 e. The maximum absolute atomic E-state index is 5.47. The van der Waals surface area contributed by atoms with Gasteiger partial charge in [0.15, 0.2) is 0 Å². The summed E-state index contributed by atoms with van der Waals surface area (Å²) in [6, 6.07) is 1.41. The molecule has 0 bridgehead atoms. The summed E-state index contributed by atoms with van der Waals surface area (Å²) >= 11 is 0. The predicted molar refractivity (Wildman–Crippen MR) is 66.6 cm³/mol. The zero-order valence-corrected chi connectivity index (χ0v) is 10.8. The van der Waals surface area contributed by atoms with Crippen molar-refractivity contribution in [3.63, 3.8) is 0 Å². The molecule has 2 fully saturated rings. The molecule has 3 atom stereocenters. The van der Waals surface area contributed by atoms with Crippen molar-refractivity contribution >= 4 is 37.2 Å². The molecule has 6 heteroatoms. The lowest BCUT2D eigenvalue weighted by molar-refractivity contribution is 0.0136. The van der Waals surface area contributed by atoms with Crippen molar-refractivity contribution in [3.8, 4) is 0 Å². The summed E-state index contributed by atoms with van der Waals surface area (Å²) in [7, 11) is 2.23. The van der Waals surface area contributed by atoms with Crippen LogP contribution in [0, 0.1) is 5.92 Å². The van der Waals surface area contributed by atoms with E-state index in [1.807, 2.05) is 0 Å². The summed E-state index contributed by atoms with van der Waals surface area (Å²) in [5, 5.41) is 0. The van der Waals surface area contributed by atoms with Gasteiger partial charge in [-0.1, -0.05) is 0 Å². The second-order valence-electron chi connectivity index (χ2n) is 3.85. The van der Waals surface area contributed by atoms with Crippen LogP contribution in [0.15, 0.2) is 0 Å². The summed E-state index contributed by atoms with van der Waals surface area (Å²) < 4.78 is 0. The highest BCUT2D eigenvalue weighted by molar-refractivity contribution is 5.86. The topological polar surface area (TPSA) is 41.3 Å². The Balaban J connectivity index is 0. The van der Waals surface area contributed by atoms with Gasteiger partial charge in [0.2, 0.25) is 0 Å². The number of halogens is 3. The maximum atomic E-state index is 5.47. The fraction of sp³-hybridized carbons (Fsp3) is 1.00. The molecule has 0 aromatic carbocycles. The van der Waals surface area contributed by atoms with Crippen LogP contribution < -0.4 is 11.3 Å². The quantitative estimate of drug-likeness (QED) is 0.552. The molecule has 3 N–H and O–H groups in total. The van der Waals surface area contributed by atoms with Crippen LogP contribution in [0.25, 0.3) is 0 Å². The maximum Gasteiger partial charge on any atom is 0.0265 e. The largest absolute Gasteiger partial charge is 0.303 e. The van der Waals surface area contributed by atoms with E-state index in [0.717, 1.165) is 12.0 Å². The Bertz CT molecular complexity index is 155. The molecule has 3 nitrogen and oxygen atoms in total. The van der Waals surface area contributed by atoms with E-state index in [-0.39, 0.29) is 37.2 Å². The summed E-state index contributed by atoms with van der Waals surface area (Å²) in [4.78, 5) is 2.47. The average Bonchev–Trinajstić information content (AvgIpc) is 1.93. The van der Waals surface area contributed by atoms with E-state index in [9.17, 15) is 0 Å². The Morgan fingerprint density at radius 3 is 2.21 bits per heavy atom. The highest BCUT2D eigenvalue weighted by Gasteiger charge is 2.41. The lowest BCUT2D eigenvalue weighted by Crippen LogP contribution is -2.60. The fourth-order valence-corrected chi connectivity index (χ4v) is 2.45. The van der Waals surface area contributed by atoms with Gasteiger partial charge in [-0.2, -0.15) is 0 Å². The third kappa shape index (κ3) is 2.87. The van der Waals surface area contributed by atoms with Crippen molar-refractivity contribution < 1.29 is 0 Å². The molecule has 1 aliphatic heterocycles. The van der Waals surface area contributed by atoms with Gasteiger partial charge in [-0.15, -0.1) is 37.2 Å². The van der Waals surface area contributed by atoms with Gasteiger partial charge < -0.3 is 4.90 Å². The van der Waals surface area contributed by atoms with Crippen LogP contribution in [0.4, 0.5) is 0 Å². The molecule has 0 aromatic heterocycles. The Kier molecular flexibility index (Phi) is 8.69. The number of nitrogens with one attached hydrogen (secondary N) is 1. The number of nitrogens with zero attached hydrogens (tertiary/aromatic N) is 1. The van der Waals surface area contributed by atoms with Gasteiger partial charge in [0, 0.05) is 12.1 Å². The molecule has 1 heterocycles. The van der Waals surface area contributed by atoms with Crippen molar-refractivity contribution in [2.45, 2.75) is 31.3 Å². The second kappa shape index (κ2) is 7.09. The monoisotopic (exact) mass is 263 g/mol. The van der Waals surface area contributed by atoms with E-state index < -0.39 is 0 Å². The molecular weight excluding hydrogens is 244 g/mol. The molecular formula is C8H20Cl3N3. The minimum absolute atomic E-state index is 0. The van der Waals surface area contributed by atoms with Crippen molar-refractivity contribution in [1.82, 2.24) is 10.3 Å². The van der Waals surface area contributed by atoms with Gasteiger partial charge in [0.1, 0.15) is 0 Å². The fourth-order valence-electron chi connectivity index (χ4n) is 2.45. The lowest BCUT2D eigenvalue weighted by atomic mass is 9.71. The van der Waals surface area contributed by atoms with Crippen LogP contribution in [0.2, 0.25) is 0 Å². The normalized spacial score (nSPS) is 35.1. The van der Waals surface area contributed by atoms with E-state index in [1.54, 1.807) is 0 Å². The SMILES string of the molecule is CN1CCC(NN)C2CCC21.Cl.Cl.Cl. The summed E-state index contributed by atoms with van der Waals surface area (Å²) in [6.45, 7) is 1.20. The van der Waals surface area contributed by atoms with Crippen molar-refractivity contribution in [3.05, 3.63) is 0 Å². The average molecular weight is 265 g/mol. The zero-order chi connectivity index (χ0) is 7.84. The molecule has 88 valence electrons. The van der Waals surface area contributed by atoms with Crippen LogP contribution in [-0.2, 0) is 0 Å². The van der Waals surface area contributed by atoms with Crippen LogP contribution in [0.3, 0.4) is 0 Å². The van der Waals surface area contributed by atoms with Crippen molar-refractivity contribution in [1.29, 1.82) is 0 Å². The van der Waals surface area contributed by atoms with Crippen molar-refractivity contribution in [2.75, 3.05) is 13.6 Å². The number of rotatable bonds is 1. The van der Waals surface area contributed by atoms with Gasteiger partial charge in [0.05, 0.1) is 0 Å². The summed E-state index contributed by atoms with van der Waals surface area (Å²) in [6.07, 6.45) is 3.96. The van der Waals surface area contributed by atoms with E-state index in [0.29, 0.717) is 6.04 Å². The second-order valence-corrected chi connectivity index (χ2v) is 3.85. The first-order valence-electron chi connectivity index (χ1n) is 4.49. The molecule has 3 unspecified atom stereocenters. The van der Waals surface area contributed by atoms with E-state index in [4.69, 9.17) is 5.84 Å². The van der Waals surface area contributed by atoms with Gasteiger partial charge in [0.25, 0.3) is 0 Å². The number of piperidine rings is 1. The Morgan fingerprint density at radius 1 is 1.14 bits per heavy atom. The van der Waals surface area contributed by atoms with E-state index in [2.05, 4.69) is 17.4 Å².